The Kier molecular flexibility index (Phi) is 5.69. The van der Waals surface area contributed by atoms with E-state index >= 15 is 0 Å². The molecule has 88 valence electrons. The molecule has 15 heavy (non-hydrogen) atoms. The summed E-state index contributed by atoms with van der Waals surface area (Å²) in [7, 11) is 0. The van der Waals surface area contributed by atoms with E-state index in [0.29, 0.717) is 5.91 Å². The number of rotatable bonds is 5. The molecule has 0 bridgehead atoms. The van der Waals surface area contributed by atoms with Gasteiger partial charge < -0.3 is 10.2 Å². The first-order chi connectivity index (χ1) is 7.27. The van der Waals surface area contributed by atoms with Gasteiger partial charge in [0, 0.05) is 19.5 Å². The molecule has 0 radical (unpaired) electrons. The van der Waals surface area contributed by atoms with E-state index < -0.39 is 0 Å². The molecule has 0 unspecified atom stereocenters. The molecule has 0 aromatic carbocycles. The van der Waals surface area contributed by atoms with E-state index in [2.05, 4.69) is 5.32 Å². The number of nitrogens with one attached hydrogen (secondary N) is 1. The number of nitrogens with zero attached hydrogens (tertiary/aromatic N) is 1. The van der Waals surface area contributed by atoms with Crippen LogP contribution in [0.3, 0.4) is 0 Å². The molecule has 1 N–H and O–H groups in total. The molecular formula is C12H24N2O. The van der Waals surface area contributed by atoms with Crippen molar-refractivity contribution in [2.45, 2.75) is 39.5 Å². The van der Waals surface area contributed by atoms with Gasteiger partial charge in [-0.2, -0.15) is 0 Å². The maximum Gasteiger partial charge on any atom is 0.222 e. The Morgan fingerprint density at radius 3 is 2.40 bits per heavy atom. The molecule has 0 aromatic rings. The average molecular weight is 212 g/mol. The number of amides is 1. The Hall–Kier alpha value is -0.570. The van der Waals surface area contributed by atoms with Gasteiger partial charge in [0.25, 0.3) is 0 Å². The Morgan fingerprint density at radius 2 is 1.87 bits per heavy atom. The summed E-state index contributed by atoms with van der Waals surface area (Å²) in [4.78, 5) is 13.7. The van der Waals surface area contributed by atoms with Crippen LogP contribution in [-0.2, 0) is 4.79 Å². The number of carbonyl (C=O) groups excluding carboxylic acids is 1. The Labute approximate surface area is 93.2 Å². The zero-order chi connectivity index (χ0) is 11.1. The van der Waals surface area contributed by atoms with Crippen LogP contribution in [0, 0.1) is 5.92 Å². The molecule has 1 rings (SSSR count). The van der Waals surface area contributed by atoms with Crippen molar-refractivity contribution in [2.75, 3.05) is 26.2 Å². The standard InChI is InChI=1S/C12H24N2O/c1-3-14(4-2)12(15)6-5-11-7-9-13-10-8-11/h11,13H,3-10H2,1-2H3. The summed E-state index contributed by atoms with van der Waals surface area (Å²) in [5.74, 6) is 1.10. The second kappa shape index (κ2) is 6.83. The van der Waals surface area contributed by atoms with Crippen LogP contribution in [0.2, 0.25) is 0 Å². The van der Waals surface area contributed by atoms with E-state index in [4.69, 9.17) is 0 Å². The zero-order valence-electron chi connectivity index (χ0n) is 10.1. The third-order valence-electron chi connectivity index (χ3n) is 3.34. The normalized spacial score (nSPS) is 17.7. The van der Waals surface area contributed by atoms with Gasteiger partial charge in [-0.25, -0.2) is 0 Å². The smallest absolute Gasteiger partial charge is 0.222 e. The molecule has 3 heteroatoms. The first-order valence-corrected chi connectivity index (χ1v) is 6.26. The summed E-state index contributed by atoms with van der Waals surface area (Å²) >= 11 is 0. The summed E-state index contributed by atoms with van der Waals surface area (Å²) < 4.78 is 0. The molecule has 1 aliphatic rings. The van der Waals surface area contributed by atoms with E-state index in [9.17, 15) is 4.79 Å². The highest BCUT2D eigenvalue weighted by Crippen LogP contribution is 2.18. The molecule has 0 aromatic heterocycles. The predicted molar refractivity (Wildman–Crippen MR) is 62.8 cm³/mol. The van der Waals surface area contributed by atoms with Gasteiger partial charge in [-0.3, -0.25) is 4.79 Å². The molecule has 0 spiro atoms. The monoisotopic (exact) mass is 212 g/mol. The van der Waals surface area contributed by atoms with Crippen molar-refractivity contribution in [1.82, 2.24) is 10.2 Å². The highest BCUT2D eigenvalue weighted by atomic mass is 16.2. The van der Waals surface area contributed by atoms with E-state index in [1.807, 2.05) is 18.7 Å². The second-order valence-corrected chi connectivity index (χ2v) is 4.30. The SMILES string of the molecule is CCN(CC)C(=O)CCC1CCNCC1. The maximum atomic E-state index is 11.8. The molecule has 1 fully saturated rings. The van der Waals surface area contributed by atoms with Gasteiger partial charge in [-0.05, 0) is 52.1 Å². The lowest BCUT2D eigenvalue weighted by Crippen LogP contribution is -2.32. The third kappa shape index (κ3) is 4.20. The number of hydrogen-bond donors (Lipinski definition) is 1. The summed E-state index contributed by atoms with van der Waals surface area (Å²) in [5, 5.41) is 3.35. The van der Waals surface area contributed by atoms with Gasteiger partial charge in [-0.1, -0.05) is 0 Å². The summed E-state index contributed by atoms with van der Waals surface area (Å²) in [5.41, 5.74) is 0. The van der Waals surface area contributed by atoms with Crippen LogP contribution in [0.5, 0.6) is 0 Å². The van der Waals surface area contributed by atoms with Crippen LogP contribution in [0.1, 0.15) is 39.5 Å². The number of piperidine rings is 1. The molecule has 0 atom stereocenters. The Morgan fingerprint density at radius 1 is 1.27 bits per heavy atom. The van der Waals surface area contributed by atoms with E-state index in [1.54, 1.807) is 0 Å². The molecule has 1 saturated heterocycles. The lowest BCUT2D eigenvalue weighted by molar-refractivity contribution is -0.131. The minimum absolute atomic E-state index is 0.332. The van der Waals surface area contributed by atoms with Crippen LogP contribution in [0.15, 0.2) is 0 Å². The number of carbonyl (C=O) groups is 1. The van der Waals surface area contributed by atoms with Crippen molar-refractivity contribution >= 4 is 5.91 Å². The van der Waals surface area contributed by atoms with Gasteiger partial charge in [-0.15, -0.1) is 0 Å². The van der Waals surface area contributed by atoms with Crippen LogP contribution in [0.25, 0.3) is 0 Å². The van der Waals surface area contributed by atoms with Crippen LogP contribution < -0.4 is 5.32 Å². The quantitative estimate of drug-likeness (QED) is 0.751. The lowest BCUT2D eigenvalue weighted by Gasteiger charge is -2.24. The minimum atomic E-state index is 0.332. The van der Waals surface area contributed by atoms with E-state index in [0.717, 1.165) is 44.9 Å². The maximum absolute atomic E-state index is 11.8. The fourth-order valence-corrected chi connectivity index (χ4v) is 2.23. The van der Waals surface area contributed by atoms with Gasteiger partial charge in [0.1, 0.15) is 0 Å². The summed E-state index contributed by atoms with van der Waals surface area (Å²) in [6.07, 6.45) is 4.31. The molecule has 1 amide bonds. The molecule has 1 heterocycles. The Balaban J connectivity index is 2.20. The molecule has 0 aliphatic carbocycles. The first kappa shape index (κ1) is 12.5. The highest BCUT2D eigenvalue weighted by Gasteiger charge is 2.16. The summed E-state index contributed by atoms with van der Waals surface area (Å²) in [6.45, 7) is 8.05. The van der Waals surface area contributed by atoms with Gasteiger partial charge in [0.05, 0.1) is 0 Å². The van der Waals surface area contributed by atoms with Gasteiger partial charge >= 0.3 is 0 Å². The van der Waals surface area contributed by atoms with Crippen LogP contribution in [0.4, 0.5) is 0 Å². The minimum Gasteiger partial charge on any atom is -0.343 e. The number of hydrogen-bond acceptors (Lipinski definition) is 2. The van der Waals surface area contributed by atoms with Crippen molar-refractivity contribution in [2.24, 2.45) is 5.92 Å². The molecular weight excluding hydrogens is 188 g/mol. The largest absolute Gasteiger partial charge is 0.343 e. The van der Waals surface area contributed by atoms with Crippen LogP contribution >= 0.6 is 0 Å². The predicted octanol–water partition coefficient (Wildman–Crippen LogP) is 1.63. The first-order valence-electron chi connectivity index (χ1n) is 6.26. The van der Waals surface area contributed by atoms with Gasteiger partial charge in [0.2, 0.25) is 5.91 Å². The second-order valence-electron chi connectivity index (χ2n) is 4.30. The fraction of sp³-hybridized carbons (Fsp3) is 0.917. The van der Waals surface area contributed by atoms with E-state index in [-0.39, 0.29) is 0 Å². The molecule has 1 aliphatic heterocycles. The van der Waals surface area contributed by atoms with Crippen LogP contribution in [-0.4, -0.2) is 37.0 Å². The third-order valence-corrected chi connectivity index (χ3v) is 3.34. The Bertz CT molecular complexity index is 184. The van der Waals surface area contributed by atoms with E-state index in [1.165, 1.54) is 12.8 Å². The van der Waals surface area contributed by atoms with Crippen molar-refractivity contribution in [3.8, 4) is 0 Å². The topological polar surface area (TPSA) is 32.3 Å². The molecule has 0 saturated carbocycles. The van der Waals surface area contributed by atoms with Crippen molar-refractivity contribution < 1.29 is 4.79 Å². The summed E-state index contributed by atoms with van der Waals surface area (Å²) in [6, 6.07) is 0. The van der Waals surface area contributed by atoms with Crippen molar-refractivity contribution in [3.05, 3.63) is 0 Å². The fourth-order valence-electron chi connectivity index (χ4n) is 2.23. The zero-order valence-corrected chi connectivity index (χ0v) is 10.1. The average Bonchev–Trinajstić information content (AvgIpc) is 2.29. The molecule has 3 nitrogen and oxygen atoms in total. The highest BCUT2D eigenvalue weighted by molar-refractivity contribution is 5.76. The van der Waals surface area contributed by atoms with Gasteiger partial charge in [0.15, 0.2) is 0 Å². The van der Waals surface area contributed by atoms with Crippen molar-refractivity contribution in [1.29, 1.82) is 0 Å². The lowest BCUT2D eigenvalue weighted by atomic mass is 9.93. The van der Waals surface area contributed by atoms with Crippen molar-refractivity contribution in [3.63, 3.8) is 0 Å².